The zero-order valence-electron chi connectivity index (χ0n) is 14.1. The molecule has 0 aliphatic heterocycles. The molecule has 1 aliphatic rings. The third-order valence-electron chi connectivity index (χ3n) is 4.08. The van der Waals surface area contributed by atoms with Crippen molar-refractivity contribution >= 4 is 22.6 Å². The maximum Gasteiger partial charge on any atom is 0.166 e. The molecule has 3 rings (SSSR count). The van der Waals surface area contributed by atoms with Crippen molar-refractivity contribution in [2.45, 2.75) is 47.0 Å². The monoisotopic (exact) mass is 294 g/mol. The van der Waals surface area contributed by atoms with Gasteiger partial charge in [0.05, 0.1) is 0 Å². The highest BCUT2D eigenvalue weighted by atomic mass is 16.1. The van der Waals surface area contributed by atoms with Gasteiger partial charge in [0.25, 0.3) is 0 Å². The van der Waals surface area contributed by atoms with Gasteiger partial charge < -0.3 is 0 Å². The Labute approximate surface area is 134 Å². The molecular formula is C21H26O. The second-order valence-electron chi connectivity index (χ2n) is 5.93. The molecule has 22 heavy (non-hydrogen) atoms. The van der Waals surface area contributed by atoms with E-state index in [4.69, 9.17) is 0 Å². The van der Waals surface area contributed by atoms with Crippen LogP contribution in [0.4, 0.5) is 0 Å². The highest BCUT2D eigenvalue weighted by Crippen LogP contribution is 2.32. The molecule has 1 nitrogen and oxygen atoms in total. The molecule has 0 atom stereocenters. The number of ketones is 1. The van der Waals surface area contributed by atoms with E-state index >= 15 is 0 Å². The van der Waals surface area contributed by atoms with Gasteiger partial charge in [-0.05, 0) is 35.6 Å². The number of rotatable bonds is 3. The first-order valence-electron chi connectivity index (χ1n) is 8.42. The van der Waals surface area contributed by atoms with E-state index in [9.17, 15) is 4.79 Å². The van der Waals surface area contributed by atoms with Crippen molar-refractivity contribution in [2.75, 3.05) is 0 Å². The fourth-order valence-corrected chi connectivity index (χ4v) is 2.75. The Morgan fingerprint density at radius 3 is 2.23 bits per heavy atom. The van der Waals surface area contributed by atoms with Gasteiger partial charge in [0.15, 0.2) is 5.78 Å². The quantitative estimate of drug-likeness (QED) is 0.609. The van der Waals surface area contributed by atoms with E-state index in [0.29, 0.717) is 0 Å². The number of carbonyl (C=O) groups excluding carboxylic acids is 1. The van der Waals surface area contributed by atoms with Gasteiger partial charge >= 0.3 is 0 Å². The van der Waals surface area contributed by atoms with Crippen molar-refractivity contribution in [3.63, 3.8) is 0 Å². The lowest BCUT2D eigenvalue weighted by atomic mass is 9.87. The summed E-state index contributed by atoms with van der Waals surface area (Å²) in [5, 5.41) is 2.28. The minimum atomic E-state index is 0.0324. The summed E-state index contributed by atoms with van der Waals surface area (Å²) in [6.07, 6.45) is 5.99. The second-order valence-corrected chi connectivity index (χ2v) is 5.93. The molecule has 0 aromatic heterocycles. The van der Waals surface area contributed by atoms with E-state index in [2.05, 4.69) is 30.3 Å². The molecule has 0 bridgehead atoms. The lowest BCUT2D eigenvalue weighted by Crippen LogP contribution is -2.08. The summed E-state index contributed by atoms with van der Waals surface area (Å²) in [5.41, 5.74) is 3.57. The molecule has 0 N–H and O–H groups in total. The van der Waals surface area contributed by atoms with Gasteiger partial charge in [0.2, 0.25) is 0 Å². The molecule has 1 heteroatoms. The van der Waals surface area contributed by atoms with Crippen molar-refractivity contribution in [1.82, 2.24) is 0 Å². The number of hydrogen-bond acceptors (Lipinski definition) is 1. The second kappa shape index (κ2) is 7.40. The SMILES string of the molecule is CC.CC(C)C(=O)c1cccc2cccc(C=C3CCC3)c12. The standard InChI is InChI=1S/C19H20O.C2H6/c1-13(2)19(20)17-11-5-9-15-8-4-10-16(18(15)17)12-14-6-3-7-14;1-2/h4-5,8-13H,3,6-7H2,1-2H3;1-2H3. The van der Waals surface area contributed by atoms with E-state index in [1.807, 2.05) is 39.8 Å². The summed E-state index contributed by atoms with van der Waals surface area (Å²) in [6.45, 7) is 7.93. The molecule has 1 aliphatic carbocycles. The lowest BCUT2D eigenvalue weighted by molar-refractivity contribution is 0.0941. The van der Waals surface area contributed by atoms with E-state index in [0.717, 1.165) is 16.3 Å². The van der Waals surface area contributed by atoms with Crippen LogP contribution in [0.1, 0.15) is 62.9 Å². The molecule has 0 unspecified atom stereocenters. The Balaban J connectivity index is 0.000000847. The number of benzene rings is 2. The minimum Gasteiger partial charge on any atom is -0.294 e. The zero-order chi connectivity index (χ0) is 16.1. The van der Waals surface area contributed by atoms with Crippen LogP contribution in [-0.4, -0.2) is 5.78 Å². The van der Waals surface area contributed by atoms with Crippen molar-refractivity contribution in [2.24, 2.45) is 5.92 Å². The molecule has 0 spiro atoms. The van der Waals surface area contributed by atoms with E-state index in [1.54, 1.807) is 0 Å². The number of carbonyl (C=O) groups is 1. The Morgan fingerprint density at radius 2 is 1.68 bits per heavy atom. The first-order valence-corrected chi connectivity index (χ1v) is 8.42. The third-order valence-corrected chi connectivity index (χ3v) is 4.08. The number of fused-ring (bicyclic) bond motifs is 1. The first kappa shape index (κ1) is 16.5. The fraction of sp³-hybridized carbons (Fsp3) is 0.381. The number of allylic oxidation sites excluding steroid dienone is 1. The summed E-state index contributed by atoms with van der Waals surface area (Å²) in [7, 11) is 0. The molecule has 116 valence electrons. The maximum absolute atomic E-state index is 12.5. The average molecular weight is 294 g/mol. The van der Waals surface area contributed by atoms with E-state index in [1.165, 1.54) is 30.4 Å². The third kappa shape index (κ3) is 3.30. The van der Waals surface area contributed by atoms with Crippen LogP contribution >= 0.6 is 0 Å². The van der Waals surface area contributed by atoms with Crippen LogP contribution < -0.4 is 0 Å². The maximum atomic E-state index is 12.5. The highest BCUT2D eigenvalue weighted by molar-refractivity contribution is 6.11. The van der Waals surface area contributed by atoms with Crippen LogP contribution in [0.25, 0.3) is 16.8 Å². The van der Waals surface area contributed by atoms with Gasteiger partial charge in [-0.25, -0.2) is 0 Å². The number of Topliss-reactive ketones (excluding diaryl/α,β-unsaturated/α-hetero) is 1. The predicted octanol–water partition coefficient (Wildman–Crippen LogP) is 6.27. The van der Waals surface area contributed by atoms with Gasteiger partial charge in [-0.1, -0.05) is 75.7 Å². The summed E-state index contributed by atoms with van der Waals surface area (Å²) >= 11 is 0. The Morgan fingerprint density at radius 1 is 1.05 bits per heavy atom. The van der Waals surface area contributed by atoms with Crippen LogP contribution in [0.2, 0.25) is 0 Å². The topological polar surface area (TPSA) is 17.1 Å². The Hall–Kier alpha value is -1.89. The van der Waals surface area contributed by atoms with Gasteiger partial charge in [-0.2, -0.15) is 0 Å². The summed E-state index contributed by atoms with van der Waals surface area (Å²) in [5.74, 6) is 0.264. The van der Waals surface area contributed by atoms with Crippen LogP contribution in [-0.2, 0) is 0 Å². The lowest BCUT2D eigenvalue weighted by Gasteiger charge is -2.17. The summed E-state index contributed by atoms with van der Waals surface area (Å²) in [6, 6.07) is 12.3. The van der Waals surface area contributed by atoms with Gasteiger partial charge in [0, 0.05) is 11.5 Å². The van der Waals surface area contributed by atoms with Crippen LogP contribution in [0.3, 0.4) is 0 Å². The van der Waals surface area contributed by atoms with Crippen molar-refractivity contribution in [3.05, 3.63) is 53.1 Å². The molecule has 0 radical (unpaired) electrons. The average Bonchev–Trinajstić information content (AvgIpc) is 2.51. The number of hydrogen-bond donors (Lipinski definition) is 0. The van der Waals surface area contributed by atoms with Crippen molar-refractivity contribution in [3.8, 4) is 0 Å². The zero-order valence-corrected chi connectivity index (χ0v) is 14.1. The van der Waals surface area contributed by atoms with Crippen LogP contribution in [0.5, 0.6) is 0 Å². The Kier molecular flexibility index (Phi) is 5.54. The normalized spacial score (nSPS) is 13.4. The molecule has 1 saturated carbocycles. The highest BCUT2D eigenvalue weighted by Gasteiger charge is 2.16. The molecule has 2 aromatic carbocycles. The fourth-order valence-electron chi connectivity index (χ4n) is 2.75. The van der Waals surface area contributed by atoms with E-state index in [-0.39, 0.29) is 11.7 Å². The smallest absolute Gasteiger partial charge is 0.166 e. The molecular weight excluding hydrogens is 268 g/mol. The van der Waals surface area contributed by atoms with Gasteiger partial charge in [-0.15, -0.1) is 0 Å². The van der Waals surface area contributed by atoms with Crippen molar-refractivity contribution in [1.29, 1.82) is 0 Å². The molecule has 0 amide bonds. The Bertz CT molecular complexity index is 681. The van der Waals surface area contributed by atoms with Crippen molar-refractivity contribution < 1.29 is 4.79 Å². The summed E-state index contributed by atoms with van der Waals surface area (Å²) < 4.78 is 0. The van der Waals surface area contributed by atoms with Crippen LogP contribution in [0, 0.1) is 5.92 Å². The predicted molar refractivity (Wildman–Crippen MR) is 96.3 cm³/mol. The van der Waals surface area contributed by atoms with Gasteiger partial charge in [0.1, 0.15) is 0 Å². The molecule has 0 saturated heterocycles. The molecule has 0 heterocycles. The summed E-state index contributed by atoms with van der Waals surface area (Å²) in [4.78, 5) is 12.5. The molecule has 1 fully saturated rings. The largest absolute Gasteiger partial charge is 0.294 e. The van der Waals surface area contributed by atoms with Crippen LogP contribution in [0.15, 0.2) is 42.0 Å². The minimum absolute atomic E-state index is 0.0324. The van der Waals surface area contributed by atoms with E-state index < -0.39 is 0 Å². The first-order chi connectivity index (χ1) is 10.7. The van der Waals surface area contributed by atoms with Gasteiger partial charge in [-0.3, -0.25) is 4.79 Å². The molecule has 2 aromatic rings.